The average Bonchev–Trinajstić information content (AvgIpc) is 2.27. The first-order chi connectivity index (χ1) is 7.61. The molecule has 0 saturated heterocycles. The van der Waals surface area contributed by atoms with Crippen molar-refractivity contribution in [1.29, 1.82) is 0 Å². The van der Waals surface area contributed by atoms with Gasteiger partial charge in [-0.2, -0.15) is 5.10 Å². The Labute approximate surface area is 95.2 Å². The standard InChI is InChI=1S/C11H17N3O2/c1-8(2)6-9-4-5-10(14-13-9)12-7-11(15)16-3/h4-5,8H,6-7H2,1-3H3,(H,12,14). The first-order valence-corrected chi connectivity index (χ1v) is 5.25. The van der Waals surface area contributed by atoms with Gasteiger partial charge >= 0.3 is 5.97 Å². The van der Waals surface area contributed by atoms with E-state index >= 15 is 0 Å². The molecule has 0 aliphatic heterocycles. The van der Waals surface area contributed by atoms with E-state index in [9.17, 15) is 4.79 Å². The Morgan fingerprint density at radius 1 is 1.44 bits per heavy atom. The van der Waals surface area contributed by atoms with Crippen molar-refractivity contribution in [2.75, 3.05) is 19.0 Å². The number of methoxy groups -OCH3 is 1. The van der Waals surface area contributed by atoms with Crippen LogP contribution in [0.4, 0.5) is 5.82 Å². The summed E-state index contributed by atoms with van der Waals surface area (Å²) in [5, 5.41) is 10.9. The maximum absolute atomic E-state index is 10.9. The van der Waals surface area contributed by atoms with Gasteiger partial charge in [-0.3, -0.25) is 4.79 Å². The van der Waals surface area contributed by atoms with Crippen molar-refractivity contribution < 1.29 is 9.53 Å². The quantitative estimate of drug-likeness (QED) is 0.761. The molecule has 0 fully saturated rings. The summed E-state index contributed by atoms with van der Waals surface area (Å²) < 4.78 is 4.50. The van der Waals surface area contributed by atoms with Gasteiger partial charge in [0.25, 0.3) is 0 Å². The van der Waals surface area contributed by atoms with Gasteiger partial charge in [-0.15, -0.1) is 5.10 Å². The van der Waals surface area contributed by atoms with Gasteiger partial charge < -0.3 is 10.1 Å². The molecule has 0 atom stereocenters. The van der Waals surface area contributed by atoms with Gasteiger partial charge in [0, 0.05) is 0 Å². The van der Waals surface area contributed by atoms with Crippen LogP contribution in [0.15, 0.2) is 12.1 Å². The Hall–Kier alpha value is -1.65. The number of carbonyl (C=O) groups excluding carboxylic acids is 1. The molecule has 1 N–H and O–H groups in total. The van der Waals surface area contributed by atoms with Crippen LogP contribution in [0.2, 0.25) is 0 Å². The van der Waals surface area contributed by atoms with Crippen LogP contribution in [-0.2, 0) is 16.0 Å². The lowest BCUT2D eigenvalue weighted by Gasteiger charge is -2.05. The van der Waals surface area contributed by atoms with E-state index in [4.69, 9.17) is 0 Å². The zero-order chi connectivity index (χ0) is 12.0. The predicted octanol–water partition coefficient (Wildman–Crippen LogP) is 1.26. The highest BCUT2D eigenvalue weighted by Crippen LogP contribution is 2.06. The van der Waals surface area contributed by atoms with Crippen LogP contribution in [0, 0.1) is 5.92 Å². The molecule has 5 nitrogen and oxygen atoms in total. The molecule has 0 bridgehead atoms. The van der Waals surface area contributed by atoms with E-state index in [0.29, 0.717) is 11.7 Å². The van der Waals surface area contributed by atoms with Gasteiger partial charge in [-0.25, -0.2) is 0 Å². The van der Waals surface area contributed by atoms with Crippen LogP contribution < -0.4 is 5.32 Å². The van der Waals surface area contributed by atoms with E-state index in [1.54, 1.807) is 0 Å². The Balaban J connectivity index is 2.48. The van der Waals surface area contributed by atoms with Crippen molar-refractivity contribution in [3.05, 3.63) is 17.8 Å². The fourth-order valence-corrected chi connectivity index (χ4v) is 1.22. The maximum Gasteiger partial charge on any atom is 0.325 e. The summed E-state index contributed by atoms with van der Waals surface area (Å²) in [5.41, 5.74) is 0.957. The number of rotatable bonds is 5. The van der Waals surface area contributed by atoms with Gasteiger partial charge in [0.2, 0.25) is 0 Å². The predicted molar refractivity (Wildman–Crippen MR) is 61.1 cm³/mol. The molecule has 1 heterocycles. The average molecular weight is 223 g/mol. The molecule has 5 heteroatoms. The molecule has 16 heavy (non-hydrogen) atoms. The van der Waals surface area contributed by atoms with E-state index < -0.39 is 0 Å². The number of hydrogen-bond acceptors (Lipinski definition) is 5. The van der Waals surface area contributed by atoms with Crippen LogP contribution in [0.1, 0.15) is 19.5 Å². The zero-order valence-corrected chi connectivity index (χ0v) is 9.86. The first kappa shape index (κ1) is 12.4. The highest BCUT2D eigenvalue weighted by atomic mass is 16.5. The fraction of sp³-hybridized carbons (Fsp3) is 0.545. The number of ether oxygens (including phenoxy) is 1. The van der Waals surface area contributed by atoms with Gasteiger partial charge in [0.1, 0.15) is 12.4 Å². The van der Waals surface area contributed by atoms with Crippen LogP contribution in [0.25, 0.3) is 0 Å². The van der Waals surface area contributed by atoms with Gasteiger partial charge in [-0.05, 0) is 24.5 Å². The van der Waals surface area contributed by atoms with Crippen molar-refractivity contribution in [3.63, 3.8) is 0 Å². The van der Waals surface area contributed by atoms with E-state index in [1.165, 1.54) is 7.11 Å². The lowest BCUT2D eigenvalue weighted by Crippen LogP contribution is -2.16. The van der Waals surface area contributed by atoms with E-state index in [1.807, 2.05) is 12.1 Å². The number of aromatic nitrogens is 2. The Kier molecular flexibility index (Phi) is 4.69. The molecular formula is C11H17N3O2. The molecule has 1 aromatic rings. The highest BCUT2D eigenvalue weighted by molar-refractivity contribution is 5.74. The molecule has 1 aromatic heterocycles. The second-order valence-corrected chi connectivity index (χ2v) is 3.94. The molecule has 0 aliphatic rings. The van der Waals surface area contributed by atoms with Gasteiger partial charge in [0.05, 0.1) is 12.8 Å². The minimum Gasteiger partial charge on any atom is -0.468 e. The molecule has 0 aromatic carbocycles. The van der Waals surface area contributed by atoms with E-state index in [0.717, 1.165) is 12.1 Å². The summed E-state index contributed by atoms with van der Waals surface area (Å²) in [6, 6.07) is 3.72. The lowest BCUT2D eigenvalue weighted by atomic mass is 10.1. The SMILES string of the molecule is COC(=O)CNc1ccc(CC(C)C)nn1. The Bertz CT molecular complexity index is 336. The van der Waals surface area contributed by atoms with E-state index in [2.05, 4.69) is 34.1 Å². The van der Waals surface area contributed by atoms with Crippen LogP contribution >= 0.6 is 0 Å². The highest BCUT2D eigenvalue weighted by Gasteiger charge is 2.03. The fourth-order valence-electron chi connectivity index (χ4n) is 1.22. The smallest absolute Gasteiger partial charge is 0.325 e. The minimum absolute atomic E-state index is 0.106. The van der Waals surface area contributed by atoms with E-state index in [-0.39, 0.29) is 12.5 Å². The minimum atomic E-state index is -0.326. The summed E-state index contributed by atoms with van der Waals surface area (Å²) in [7, 11) is 1.35. The molecule has 0 spiro atoms. The topological polar surface area (TPSA) is 64.1 Å². The summed E-state index contributed by atoms with van der Waals surface area (Å²) in [5.74, 6) is 0.814. The summed E-state index contributed by atoms with van der Waals surface area (Å²) in [6.45, 7) is 4.37. The first-order valence-electron chi connectivity index (χ1n) is 5.25. The largest absolute Gasteiger partial charge is 0.468 e. The van der Waals surface area contributed by atoms with Crippen molar-refractivity contribution >= 4 is 11.8 Å². The van der Waals surface area contributed by atoms with Crippen molar-refractivity contribution in [2.45, 2.75) is 20.3 Å². The zero-order valence-electron chi connectivity index (χ0n) is 9.86. The third-order valence-electron chi connectivity index (χ3n) is 1.98. The molecule has 0 saturated carbocycles. The number of esters is 1. The summed E-state index contributed by atoms with van der Waals surface area (Å²) >= 11 is 0. The van der Waals surface area contributed by atoms with Gasteiger partial charge in [0.15, 0.2) is 0 Å². The molecule has 0 unspecified atom stereocenters. The number of hydrogen-bond donors (Lipinski definition) is 1. The number of carbonyl (C=O) groups is 1. The molecule has 0 radical (unpaired) electrons. The third kappa shape index (κ3) is 4.25. The second kappa shape index (κ2) is 6.05. The van der Waals surface area contributed by atoms with Gasteiger partial charge in [-0.1, -0.05) is 13.8 Å². The Morgan fingerprint density at radius 3 is 2.69 bits per heavy atom. The Morgan fingerprint density at radius 2 is 2.19 bits per heavy atom. The number of nitrogens with zero attached hydrogens (tertiary/aromatic N) is 2. The van der Waals surface area contributed by atoms with Crippen molar-refractivity contribution in [1.82, 2.24) is 10.2 Å². The molecule has 1 rings (SSSR count). The van der Waals surface area contributed by atoms with Crippen LogP contribution in [-0.4, -0.2) is 29.8 Å². The van der Waals surface area contributed by atoms with Crippen molar-refractivity contribution in [3.8, 4) is 0 Å². The molecule has 0 amide bonds. The lowest BCUT2D eigenvalue weighted by molar-refractivity contribution is -0.138. The number of anilines is 1. The van der Waals surface area contributed by atoms with Crippen LogP contribution in [0.3, 0.4) is 0 Å². The third-order valence-corrected chi connectivity index (χ3v) is 1.98. The van der Waals surface area contributed by atoms with Crippen LogP contribution in [0.5, 0.6) is 0 Å². The summed E-state index contributed by atoms with van der Waals surface area (Å²) in [4.78, 5) is 10.9. The van der Waals surface area contributed by atoms with Crippen molar-refractivity contribution in [2.24, 2.45) is 5.92 Å². The second-order valence-electron chi connectivity index (χ2n) is 3.94. The summed E-state index contributed by atoms with van der Waals surface area (Å²) in [6.07, 6.45) is 0.907. The molecule has 0 aliphatic carbocycles. The molecule has 88 valence electrons. The normalized spacial score (nSPS) is 10.2. The number of nitrogens with one attached hydrogen (secondary N) is 1. The maximum atomic E-state index is 10.9. The molecular weight excluding hydrogens is 206 g/mol. The monoisotopic (exact) mass is 223 g/mol.